The van der Waals surface area contributed by atoms with E-state index in [2.05, 4.69) is 29.1 Å². The molecule has 1 N–H and O–H groups in total. The lowest BCUT2D eigenvalue weighted by atomic mass is 9.92. The third kappa shape index (κ3) is 3.83. The fraction of sp³-hybridized carbons (Fsp3) is 0.917. The largest absolute Gasteiger partial charge is 0.340 e. The Hall–Kier alpha value is -0.320. The van der Waals surface area contributed by atoms with E-state index in [-0.39, 0.29) is 18.3 Å². The molecule has 0 bridgehead atoms. The van der Waals surface area contributed by atoms with Gasteiger partial charge < -0.3 is 15.1 Å². The molecule has 2 rings (SSSR count). The van der Waals surface area contributed by atoms with Gasteiger partial charge in [0.05, 0.1) is 0 Å². The third-order valence-corrected chi connectivity index (χ3v) is 3.79. The number of hydrogen-bond acceptors (Lipinski definition) is 3. The van der Waals surface area contributed by atoms with Gasteiger partial charge in [0.25, 0.3) is 0 Å². The third-order valence-electron chi connectivity index (χ3n) is 3.79. The van der Waals surface area contributed by atoms with Crippen LogP contribution in [0.1, 0.15) is 19.8 Å². The Morgan fingerprint density at radius 1 is 1.24 bits per heavy atom. The molecule has 4 nitrogen and oxygen atoms in total. The molecule has 0 spiro atoms. The van der Waals surface area contributed by atoms with Crippen molar-refractivity contribution in [3.8, 4) is 0 Å². The van der Waals surface area contributed by atoms with Gasteiger partial charge in [0, 0.05) is 38.1 Å². The van der Waals surface area contributed by atoms with E-state index in [9.17, 15) is 4.79 Å². The quantitative estimate of drug-likeness (QED) is 0.750. The van der Waals surface area contributed by atoms with E-state index in [1.807, 2.05) is 0 Å². The molecule has 2 aliphatic heterocycles. The van der Waals surface area contributed by atoms with E-state index in [1.165, 1.54) is 0 Å². The Balaban J connectivity index is 0.00000144. The van der Waals surface area contributed by atoms with Crippen molar-refractivity contribution in [3.05, 3.63) is 0 Å². The van der Waals surface area contributed by atoms with Crippen molar-refractivity contribution < 1.29 is 4.79 Å². The molecule has 2 fully saturated rings. The van der Waals surface area contributed by atoms with Crippen molar-refractivity contribution in [2.45, 2.75) is 25.8 Å². The monoisotopic (exact) mass is 261 g/mol. The highest BCUT2D eigenvalue weighted by atomic mass is 35.5. The van der Waals surface area contributed by atoms with Crippen LogP contribution in [0.4, 0.5) is 0 Å². The zero-order valence-corrected chi connectivity index (χ0v) is 11.6. The molecule has 1 amide bonds. The van der Waals surface area contributed by atoms with Crippen LogP contribution in [0.15, 0.2) is 0 Å². The molecule has 0 radical (unpaired) electrons. The van der Waals surface area contributed by atoms with Gasteiger partial charge in [-0.05, 0) is 33.4 Å². The van der Waals surface area contributed by atoms with Crippen LogP contribution in [-0.4, -0.2) is 61.5 Å². The van der Waals surface area contributed by atoms with Crippen LogP contribution in [-0.2, 0) is 4.79 Å². The summed E-state index contributed by atoms with van der Waals surface area (Å²) in [5, 5.41) is 3.40. The average Bonchev–Trinajstić information content (AvgIpc) is 2.29. The second kappa shape index (κ2) is 6.57. The maximum Gasteiger partial charge on any atom is 0.225 e. The lowest BCUT2D eigenvalue weighted by Gasteiger charge is -2.36. The molecule has 0 aromatic heterocycles. The number of likely N-dealkylation sites (N-methyl/N-ethyl adjacent to an activating group) is 1. The molecule has 100 valence electrons. The number of nitrogens with zero attached hydrogens (tertiary/aromatic N) is 2. The summed E-state index contributed by atoms with van der Waals surface area (Å²) < 4.78 is 0. The van der Waals surface area contributed by atoms with E-state index in [0.29, 0.717) is 11.9 Å². The second-order valence-electron chi connectivity index (χ2n) is 5.21. The molecule has 2 aliphatic rings. The smallest absolute Gasteiger partial charge is 0.225 e. The van der Waals surface area contributed by atoms with Crippen LogP contribution < -0.4 is 5.32 Å². The number of piperidine rings is 1. The maximum atomic E-state index is 12.3. The van der Waals surface area contributed by atoms with E-state index >= 15 is 0 Å². The van der Waals surface area contributed by atoms with E-state index in [4.69, 9.17) is 0 Å². The Labute approximate surface area is 110 Å². The van der Waals surface area contributed by atoms with E-state index in [0.717, 1.165) is 45.6 Å². The summed E-state index contributed by atoms with van der Waals surface area (Å²) in [7, 11) is 2.12. The van der Waals surface area contributed by atoms with Gasteiger partial charge in [-0.15, -0.1) is 12.4 Å². The summed E-state index contributed by atoms with van der Waals surface area (Å²) in [6.45, 7) is 7.02. The first-order valence-corrected chi connectivity index (χ1v) is 6.37. The van der Waals surface area contributed by atoms with Crippen LogP contribution in [0.3, 0.4) is 0 Å². The van der Waals surface area contributed by atoms with Crippen LogP contribution >= 0.6 is 12.4 Å². The minimum atomic E-state index is 0. The standard InChI is InChI=1S/C12H23N3O.ClH/c1-10-9-11(3-4-13-10)12(16)15-7-5-14(2)6-8-15;/h10-11,13H,3-9H2,1-2H3;1H/t10-,11-;/m0./s1. The van der Waals surface area contributed by atoms with Crippen molar-refractivity contribution in [1.82, 2.24) is 15.1 Å². The summed E-state index contributed by atoms with van der Waals surface area (Å²) in [4.78, 5) is 16.6. The normalized spacial score (nSPS) is 30.8. The molecule has 0 aromatic rings. The van der Waals surface area contributed by atoms with Crippen LogP contribution in [0, 0.1) is 5.92 Å². The molecule has 0 aromatic carbocycles. The molecule has 2 atom stereocenters. The lowest BCUT2D eigenvalue weighted by Crippen LogP contribution is -2.51. The molecule has 2 saturated heterocycles. The fourth-order valence-corrected chi connectivity index (χ4v) is 2.64. The minimum absolute atomic E-state index is 0. The second-order valence-corrected chi connectivity index (χ2v) is 5.21. The van der Waals surface area contributed by atoms with Gasteiger partial charge in [-0.3, -0.25) is 4.79 Å². The van der Waals surface area contributed by atoms with Crippen LogP contribution in [0.2, 0.25) is 0 Å². The highest BCUT2D eigenvalue weighted by Crippen LogP contribution is 2.19. The fourth-order valence-electron chi connectivity index (χ4n) is 2.64. The Bertz CT molecular complexity index is 254. The number of carbonyl (C=O) groups is 1. The first-order valence-electron chi connectivity index (χ1n) is 6.37. The predicted molar refractivity (Wildman–Crippen MR) is 71.5 cm³/mol. The highest BCUT2D eigenvalue weighted by Gasteiger charge is 2.29. The average molecular weight is 262 g/mol. The van der Waals surface area contributed by atoms with E-state index < -0.39 is 0 Å². The van der Waals surface area contributed by atoms with Crippen molar-refractivity contribution in [3.63, 3.8) is 0 Å². The summed E-state index contributed by atoms with van der Waals surface area (Å²) in [6.07, 6.45) is 2.01. The SMILES string of the molecule is C[C@H]1C[C@@H](C(=O)N2CCN(C)CC2)CCN1.Cl. The number of rotatable bonds is 1. The number of halogens is 1. The summed E-state index contributed by atoms with van der Waals surface area (Å²) in [5.41, 5.74) is 0. The topological polar surface area (TPSA) is 35.6 Å². The summed E-state index contributed by atoms with van der Waals surface area (Å²) >= 11 is 0. The number of hydrogen-bond donors (Lipinski definition) is 1. The van der Waals surface area contributed by atoms with Gasteiger partial charge in [0.1, 0.15) is 0 Å². The van der Waals surface area contributed by atoms with Gasteiger partial charge in [-0.25, -0.2) is 0 Å². The highest BCUT2D eigenvalue weighted by molar-refractivity contribution is 5.85. The minimum Gasteiger partial charge on any atom is -0.340 e. The Kier molecular flexibility index (Phi) is 5.70. The van der Waals surface area contributed by atoms with Crippen LogP contribution in [0.25, 0.3) is 0 Å². The molecule has 0 saturated carbocycles. The van der Waals surface area contributed by atoms with Crippen molar-refractivity contribution in [1.29, 1.82) is 0 Å². The van der Waals surface area contributed by atoms with E-state index in [1.54, 1.807) is 0 Å². The number of carbonyl (C=O) groups excluding carboxylic acids is 1. The van der Waals surface area contributed by atoms with Gasteiger partial charge in [-0.2, -0.15) is 0 Å². The molecule has 5 heteroatoms. The van der Waals surface area contributed by atoms with Gasteiger partial charge in [0.2, 0.25) is 5.91 Å². The molecular formula is C12H24ClN3O. The zero-order valence-electron chi connectivity index (χ0n) is 10.8. The molecule has 17 heavy (non-hydrogen) atoms. The van der Waals surface area contributed by atoms with Gasteiger partial charge in [-0.1, -0.05) is 0 Å². The maximum absolute atomic E-state index is 12.3. The predicted octanol–water partition coefficient (Wildman–Crippen LogP) is 0.570. The molecule has 2 heterocycles. The lowest BCUT2D eigenvalue weighted by molar-refractivity contribution is -0.138. The van der Waals surface area contributed by atoms with Crippen LogP contribution in [0.5, 0.6) is 0 Å². The molecular weight excluding hydrogens is 238 g/mol. The number of piperazine rings is 1. The van der Waals surface area contributed by atoms with Crippen molar-refractivity contribution in [2.75, 3.05) is 39.8 Å². The Morgan fingerprint density at radius 3 is 2.47 bits per heavy atom. The van der Waals surface area contributed by atoms with Gasteiger partial charge >= 0.3 is 0 Å². The number of amides is 1. The van der Waals surface area contributed by atoms with Crippen molar-refractivity contribution >= 4 is 18.3 Å². The van der Waals surface area contributed by atoms with Gasteiger partial charge in [0.15, 0.2) is 0 Å². The summed E-state index contributed by atoms with van der Waals surface area (Å²) in [5.74, 6) is 0.654. The first kappa shape index (κ1) is 14.7. The number of nitrogens with one attached hydrogen (secondary N) is 1. The zero-order chi connectivity index (χ0) is 11.5. The summed E-state index contributed by atoms with van der Waals surface area (Å²) in [6, 6.07) is 0.496. The molecule has 0 aliphatic carbocycles. The first-order chi connectivity index (χ1) is 7.66. The van der Waals surface area contributed by atoms with Crippen molar-refractivity contribution in [2.24, 2.45) is 5.92 Å². The molecule has 0 unspecified atom stereocenters. The Morgan fingerprint density at radius 2 is 1.88 bits per heavy atom.